The molecule has 0 saturated heterocycles. The summed E-state index contributed by atoms with van der Waals surface area (Å²) in [6, 6.07) is 20.1. The van der Waals surface area contributed by atoms with Crippen molar-refractivity contribution in [3.05, 3.63) is 115 Å². The van der Waals surface area contributed by atoms with E-state index in [-0.39, 0.29) is 17.4 Å². The van der Waals surface area contributed by atoms with Crippen LogP contribution in [0.15, 0.2) is 77.7 Å². The fourth-order valence-electron chi connectivity index (χ4n) is 4.48. The summed E-state index contributed by atoms with van der Waals surface area (Å²) < 4.78 is 2.17. The first kappa shape index (κ1) is 25.0. The molecule has 0 radical (unpaired) electrons. The number of nitrogens with one attached hydrogen (secondary N) is 1. The zero-order valence-corrected chi connectivity index (χ0v) is 22.0. The number of aromatic nitrogens is 1. The summed E-state index contributed by atoms with van der Waals surface area (Å²) in [6.07, 6.45) is 1.76. The highest BCUT2D eigenvalue weighted by Crippen LogP contribution is 2.31. The first-order valence-corrected chi connectivity index (χ1v) is 12.9. The summed E-state index contributed by atoms with van der Waals surface area (Å²) in [5.74, 6) is -0.355. The molecule has 2 aromatic heterocycles. The molecule has 1 aliphatic rings. The van der Waals surface area contributed by atoms with Gasteiger partial charge in [0.05, 0.1) is 9.21 Å². The fraction of sp³-hybridized carbons (Fsp3) is 0.179. The number of amides is 2. The normalized spacial score (nSPS) is 12.8. The lowest BCUT2D eigenvalue weighted by Gasteiger charge is -2.17. The number of hydrogen-bond acceptors (Lipinski definition) is 5. The third-order valence-electron chi connectivity index (χ3n) is 6.16. The number of anilines is 1. The molecule has 4 aromatic rings. The minimum absolute atomic E-state index is 0.0644. The van der Waals surface area contributed by atoms with Gasteiger partial charge in [0.2, 0.25) is 0 Å². The van der Waals surface area contributed by atoms with Crippen LogP contribution in [0.1, 0.15) is 36.7 Å². The van der Waals surface area contributed by atoms with Gasteiger partial charge in [0.25, 0.3) is 17.4 Å². The summed E-state index contributed by atoms with van der Waals surface area (Å²) in [4.78, 5) is 43.1. The van der Waals surface area contributed by atoms with Crippen molar-refractivity contribution >= 4 is 40.4 Å². The number of nitrogens with zero attached hydrogens (tertiary/aromatic N) is 3. The molecular weight excluding hydrogens is 508 g/mol. The first-order chi connectivity index (χ1) is 17.8. The van der Waals surface area contributed by atoms with Gasteiger partial charge in [-0.15, -0.1) is 11.3 Å². The molecule has 5 rings (SSSR count). The first-order valence-electron chi connectivity index (χ1n) is 11.7. The van der Waals surface area contributed by atoms with E-state index in [1.807, 2.05) is 55.4 Å². The highest BCUT2D eigenvalue weighted by atomic mass is 35.5. The molecule has 0 fully saturated rings. The summed E-state index contributed by atoms with van der Waals surface area (Å²) in [5, 5.41) is 2.92. The van der Waals surface area contributed by atoms with Gasteiger partial charge in [-0.3, -0.25) is 19.0 Å². The number of fused-ring (bicyclic) bond motifs is 1. The van der Waals surface area contributed by atoms with Crippen molar-refractivity contribution < 1.29 is 9.59 Å². The van der Waals surface area contributed by atoms with Crippen molar-refractivity contribution in [1.82, 2.24) is 14.4 Å². The van der Waals surface area contributed by atoms with Gasteiger partial charge in [-0.05, 0) is 62.1 Å². The molecule has 0 spiro atoms. The Morgan fingerprint density at radius 1 is 1.05 bits per heavy atom. The van der Waals surface area contributed by atoms with Gasteiger partial charge in [-0.25, -0.2) is 0 Å². The molecule has 0 atom stereocenters. The Hall–Kier alpha value is -3.72. The number of hydrogen-bond donors (Lipinski definition) is 1. The van der Waals surface area contributed by atoms with Crippen molar-refractivity contribution in [1.29, 1.82) is 0 Å². The Balaban J connectivity index is 1.36. The van der Waals surface area contributed by atoms with Crippen LogP contribution in [0.25, 0.3) is 5.69 Å². The minimum atomic E-state index is -0.258. The second-order valence-corrected chi connectivity index (χ2v) is 10.9. The molecule has 2 aromatic carbocycles. The maximum atomic E-state index is 13.2. The van der Waals surface area contributed by atoms with Crippen molar-refractivity contribution in [3.63, 3.8) is 0 Å². The lowest BCUT2D eigenvalue weighted by atomic mass is 10.1. The third-order valence-corrected chi connectivity index (χ3v) is 7.39. The van der Waals surface area contributed by atoms with Crippen LogP contribution in [0.4, 0.5) is 5.69 Å². The molecule has 0 aliphatic carbocycles. The Morgan fingerprint density at radius 3 is 2.62 bits per heavy atom. The Kier molecular flexibility index (Phi) is 6.97. The van der Waals surface area contributed by atoms with Crippen molar-refractivity contribution in [2.75, 3.05) is 19.4 Å². The van der Waals surface area contributed by atoms with E-state index in [4.69, 9.17) is 11.6 Å². The van der Waals surface area contributed by atoms with Crippen LogP contribution in [0.3, 0.4) is 0 Å². The monoisotopic (exact) mass is 532 g/mol. The van der Waals surface area contributed by atoms with Crippen molar-refractivity contribution in [2.45, 2.75) is 19.6 Å². The Labute approximate surface area is 223 Å². The third kappa shape index (κ3) is 5.22. The summed E-state index contributed by atoms with van der Waals surface area (Å²) in [7, 11) is 3.86. The SMILES string of the molecule is CN(C)Cc1cccn(-c2cccc(CN3Cc4c(NC(=O)c5ccc(Cl)s5)cccc4C3=O)c2)c1=O. The van der Waals surface area contributed by atoms with E-state index in [1.54, 1.807) is 46.0 Å². The van der Waals surface area contributed by atoms with Gasteiger partial charge in [0.1, 0.15) is 0 Å². The van der Waals surface area contributed by atoms with Crippen molar-refractivity contribution in [2.24, 2.45) is 0 Å². The number of halogens is 1. The Bertz CT molecular complexity index is 1560. The minimum Gasteiger partial charge on any atom is -0.330 e. The molecule has 1 aliphatic heterocycles. The van der Waals surface area contributed by atoms with E-state index in [2.05, 4.69) is 5.32 Å². The molecule has 1 N–H and O–H groups in total. The van der Waals surface area contributed by atoms with E-state index >= 15 is 0 Å². The molecule has 0 saturated carbocycles. The second-order valence-electron chi connectivity index (χ2n) is 9.17. The second kappa shape index (κ2) is 10.3. The quantitative estimate of drug-likeness (QED) is 0.362. The van der Waals surface area contributed by atoms with E-state index in [0.29, 0.717) is 45.7 Å². The molecular formula is C28H25ClN4O3S. The number of thiophene rings is 1. The largest absolute Gasteiger partial charge is 0.330 e. The number of pyridine rings is 1. The van der Waals surface area contributed by atoms with Crippen molar-refractivity contribution in [3.8, 4) is 5.69 Å². The predicted molar refractivity (Wildman–Crippen MR) is 147 cm³/mol. The van der Waals surface area contributed by atoms with Gasteiger partial charge in [0.15, 0.2) is 0 Å². The molecule has 0 bridgehead atoms. The zero-order chi connectivity index (χ0) is 26.1. The van der Waals surface area contributed by atoms with Gasteiger partial charge < -0.3 is 15.1 Å². The smallest absolute Gasteiger partial charge is 0.265 e. The van der Waals surface area contributed by atoms with Crippen LogP contribution in [-0.4, -0.2) is 40.3 Å². The lowest BCUT2D eigenvalue weighted by Crippen LogP contribution is -2.26. The van der Waals surface area contributed by atoms with E-state index in [0.717, 1.165) is 16.8 Å². The molecule has 2 amide bonds. The van der Waals surface area contributed by atoms with Gasteiger partial charge in [-0.1, -0.05) is 35.9 Å². The molecule has 188 valence electrons. The average Bonchev–Trinajstić information content (AvgIpc) is 3.44. The number of benzene rings is 2. The molecule has 7 nitrogen and oxygen atoms in total. The molecule has 9 heteroatoms. The molecule has 0 unspecified atom stereocenters. The molecule has 37 heavy (non-hydrogen) atoms. The number of carbonyl (C=O) groups is 2. The average molecular weight is 533 g/mol. The predicted octanol–water partition coefficient (Wildman–Crippen LogP) is 5.02. The Morgan fingerprint density at radius 2 is 1.86 bits per heavy atom. The van der Waals surface area contributed by atoms with Crippen LogP contribution < -0.4 is 10.9 Å². The summed E-state index contributed by atoms with van der Waals surface area (Å²) >= 11 is 7.17. The van der Waals surface area contributed by atoms with E-state index in [1.165, 1.54) is 11.3 Å². The molecule has 3 heterocycles. The number of rotatable bonds is 7. The summed E-state index contributed by atoms with van der Waals surface area (Å²) in [5.41, 5.74) is 4.27. The van der Waals surface area contributed by atoms with Crippen LogP contribution in [0.5, 0.6) is 0 Å². The topological polar surface area (TPSA) is 74.7 Å². The van der Waals surface area contributed by atoms with Crippen LogP contribution >= 0.6 is 22.9 Å². The van der Waals surface area contributed by atoms with Gasteiger partial charge in [-0.2, -0.15) is 0 Å². The van der Waals surface area contributed by atoms with Gasteiger partial charge in [0, 0.05) is 53.9 Å². The lowest BCUT2D eigenvalue weighted by molar-refractivity contribution is 0.0766. The van der Waals surface area contributed by atoms with Crippen LogP contribution in [0, 0.1) is 0 Å². The highest BCUT2D eigenvalue weighted by Gasteiger charge is 2.30. The number of carbonyl (C=O) groups excluding carboxylic acids is 2. The fourth-order valence-corrected chi connectivity index (χ4v) is 5.42. The highest BCUT2D eigenvalue weighted by molar-refractivity contribution is 7.18. The maximum absolute atomic E-state index is 13.2. The zero-order valence-electron chi connectivity index (χ0n) is 20.4. The van der Waals surface area contributed by atoms with E-state index in [9.17, 15) is 14.4 Å². The van der Waals surface area contributed by atoms with E-state index < -0.39 is 0 Å². The summed E-state index contributed by atoms with van der Waals surface area (Å²) in [6.45, 7) is 1.30. The standard InChI is InChI=1S/C28H25ClN4O3S/c1-31(2)16-19-7-5-13-33(27(19)35)20-8-3-6-18(14-20)15-32-17-22-21(28(32)36)9-4-10-23(22)30-26(34)24-11-12-25(29)37-24/h3-14H,15-17H2,1-2H3,(H,30,34). The van der Waals surface area contributed by atoms with Crippen LogP contribution in [-0.2, 0) is 19.6 Å². The van der Waals surface area contributed by atoms with Crippen LogP contribution in [0.2, 0.25) is 4.34 Å². The van der Waals surface area contributed by atoms with Gasteiger partial charge >= 0.3 is 0 Å². The maximum Gasteiger partial charge on any atom is 0.265 e.